The van der Waals surface area contributed by atoms with E-state index in [0.717, 1.165) is 12.0 Å². The quantitative estimate of drug-likeness (QED) is 0.309. The second kappa shape index (κ2) is 11.1. The van der Waals surface area contributed by atoms with Crippen molar-refractivity contribution in [3.63, 3.8) is 0 Å². The summed E-state index contributed by atoms with van der Waals surface area (Å²) in [7, 11) is 1.96. The summed E-state index contributed by atoms with van der Waals surface area (Å²) in [5.41, 5.74) is -2.48. The Labute approximate surface area is 215 Å². The summed E-state index contributed by atoms with van der Waals surface area (Å²) in [6, 6.07) is 15.9. The number of alkyl halides is 6. The lowest BCUT2D eigenvalue weighted by Gasteiger charge is -2.31. The molecule has 0 spiro atoms. The van der Waals surface area contributed by atoms with Crippen LogP contribution in [0.4, 0.5) is 26.3 Å². The predicted molar refractivity (Wildman–Crippen MR) is 132 cm³/mol. The monoisotopic (exact) mass is 524 g/mol. The average molecular weight is 525 g/mol. The van der Waals surface area contributed by atoms with E-state index in [1.807, 2.05) is 44.3 Å². The molecule has 8 heteroatoms. The van der Waals surface area contributed by atoms with Gasteiger partial charge in [0.15, 0.2) is 0 Å². The molecule has 202 valence electrons. The van der Waals surface area contributed by atoms with Crippen LogP contribution < -0.4 is 0 Å². The van der Waals surface area contributed by atoms with Gasteiger partial charge in [-0.05, 0) is 74.2 Å². The van der Waals surface area contributed by atoms with Crippen LogP contribution >= 0.6 is 0 Å². The average Bonchev–Trinajstić information content (AvgIpc) is 3.73. The maximum Gasteiger partial charge on any atom is 0.398 e. The number of nitrogens with zero attached hydrogens (tertiary/aromatic N) is 2. The van der Waals surface area contributed by atoms with E-state index >= 15 is 0 Å². The van der Waals surface area contributed by atoms with Crippen LogP contribution in [-0.4, -0.2) is 30.3 Å². The fourth-order valence-electron chi connectivity index (χ4n) is 5.46. The molecule has 0 bridgehead atoms. The highest BCUT2D eigenvalue weighted by molar-refractivity contribution is 5.50. The van der Waals surface area contributed by atoms with Crippen molar-refractivity contribution in [2.75, 3.05) is 7.05 Å². The Morgan fingerprint density at radius 1 is 0.865 bits per heavy atom. The van der Waals surface area contributed by atoms with Crippen LogP contribution in [0.5, 0.6) is 0 Å². The molecule has 0 heterocycles. The Kier molecular flexibility index (Phi) is 8.68. The predicted octanol–water partition coefficient (Wildman–Crippen LogP) is 8.25. The number of nitriles is 1. The third-order valence-corrected chi connectivity index (χ3v) is 7.89. The first-order valence-corrected chi connectivity index (χ1v) is 12.7. The van der Waals surface area contributed by atoms with Gasteiger partial charge in [0.25, 0.3) is 0 Å². The van der Waals surface area contributed by atoms with Gasteiger partial charge >= 0.3 is 12.4 Å². The van der Waals surface area contributed by atoms with E-state index < -0.39 is 23.2 Å². The molecule has 1 unspecified atom stereocenters. The molecule has 0 aromatic heterocycles. The van der Waals surface area contributed by atoms with Crippen molar-refractivity contribution in [2.24, 2.45) is 0 Å². The molecular weight excluding hydrogens is 490 g/mol. The number of rotatable bonds is 9. The maximum atomic E-state index is 14.0. The van der Waals surface area contributed by atoms with Gasteiger partial charge in [0.2, 0.25) is 0 Å². The lowest BCUT2D eigenvalue weighted by Crippen LogP contribution is -2.35. The second-order valence-corrected chi connectivity index (χ2v) is 10.2. The summed E-state index contributed by atoms with van der Waals surface area (Å²) in [6.07, 6.45) is -7.70. The lowest BCUT2D eigenvalue weighted by atomic mass is 9.80. The van der Waals surface area contributed by atoms with Crippen LogP contribution in [0.25, 0.3) is 0 Å². The first kappa shape index (κ1) is 29.0. The van der Waals surface area contributed by atoms with Crippen LogP contribution in [0.15, 0.2) is 48.5 Å². The Balaban J connectivity index is 0.00000121. The van der Waals surface area contributed by atoms with Crippen LogP contribution in [0.2, 0.25) is 0 Å². The third-order valence-electron chi connectivity index (χ3n) is 7.89. The minimum absolute atomic E-state index is 0.0446. The van der Waals surface area contributed by atoms with Crippen LogP contribution in [0, 0.1) is 11.3 Å². The topological polar surface area (TPSA) is 27.0 Å². The molecule has 2 saturated carbocycles. The normalized spacial score (nSPS) is 18.4. The Bertz CT molecular complexity index is 1030. The molecule has 2 fully saturated rings. The number of hydrogen-bond donors (Lipinski definition) is 0. The molecule has 0 radical (unpaired) electrons. The van der Waals surface area contributed by atoms with Gasteiger partial charge in [-0.2, -0.15) is 31.6 Å². The Morgan fingerprint density at radius 2 is 1.32 bits per heavy atom. The van der Waals surface area contributed by atoms with Gasteiger partial charge in [0.05, 0.1) is 16.9 Å². The summed E-state index contributed by atoms with van der Waals surface area (Å²) in [6.45, 7) is 4.11. The van der Waals surface area contributed by atoms with Crippen molar-refractivity contribution in [3.8, 4) is 6.07 Å². The van der Waals surface area contributed by atoms with Crippen molar-refractivity contribution >= 4 is 0 Å². The summed E-state index contributed by atoms with van der Waals surface area (Å²) in [5, 5.41) is 7.32. The number of halogens is 6. The van der Waals surface area contributed by atoms with Crippen LogP contribution in [0.3, 0.4) is 0 Å². The zero-order chi connectivity index (χ0) is 27.5. The fourth-order valence-corrected chi connectivity index (χ4v) is 5.46. The van der Waals surface area contributed by atoms with Gasteiger partial charge in [-0.1, -0.05) is 55.5 Å². The van der Waals surface area contributed by atoms with E-state index in [9.17, 15) is 26.3 Å². The largest absolute Gasteiger partial charge is 0.398 e. The zero-order valence-corrected chi connectivity index (χ0v) is 21.5. The first-order chi connectivity index (χ1) is 17.4. The minimum Gasteiger partial charge on any atom is -0.299 e. The molecule has 2 nitrogen and oxygen atoms in total. The van der Waals surface area contributed by atoms with Crippen molar-refractivity contribution in [1.29, 1.82) is 5.26 Å². The molecule has 2 aromatic rings. The third kappa shape index (κ3) is 5.98. The van der Waals surface area contributed by atoms with E-state index in [4.69, 9.17) is 5.26 Å². The Morgan fingerprint density at radius 3 is 1.70 bits per heavy atom. The van der Waals surface area contributed by atoms with Gasteiger partial charge in [0.1, 0.15) is 0 Å². The fraction of sp³-hybridized carbons (Fsp3) is 0.552. The standard InChI is InChI=1S/C27H31F6N.C2H3N/c1-3-20(34(2)18-19-8-5-4-6-9-19)12-13-21-22(24(14-15-24)26(28,29)30)10-7-11-23(21)25(16-17-25)27(31,32)33;1-2-3/h4-11,20H,3,12-18H2,1-2H3;1H3. The molecule has 2 aromatic carbocycles. The van der Waals surface area contributed by atoms with Crippen molar-refractivity contribution in [2.45, 2.75) is 94.6 Å². The first-order valence-electron chi connectivity index (χ1n) is 12.7. The van der Waals surface area contributed by atoms with Gasteiger partial charge in [0, 0.05) is 19.5 Å². The van der Waals surface area contributed by atoms with E-state index in [0.29, 0.717) is 13.0 Å². The highest BCUT2D eigenvalue weighted by Gasteiger charge is 2.67. The molecule has 0 saturated heterocycles. The maximum absolute atomic E-state index is 14.0. The molecule has 0 amide bonds. The van der Waals surface area contributed by atoms with E-state index in [2.05, 4.69) is 4.90 Å². The number of hydrogen-bond acceptors (Lipinski definition) is 2. The minimum atomic E-state index is -4.47. The molecular formula is C29H34F6N2. The highest BCUT2D eigenvalue weighted by Crippen LogP contribution is 2.64. The summed E-state index contributed by atoms with van der Waals surface area (Å²) < 4.78 is 84.3. The van der Waals surface area contributed by atoms with Gasteiger partial charge in [-0.3, -0.25) is 4.90 Å². The molecule has 1 atom stereocenters. The van der Waals surface area contributed by atoms with Crippen molar-refractivity contribution < 1.29 is 26.3 Å². The second-order valence-electron chi connectivity index (χ2n) is 10.2. The van der Waals surface area contributed by atoms with E-state index in [-0.39, 0.29) is 54.8 Å². The van der Waals surface area contributed by atoms with Crippen molar-refractivity contribution in [3.05, 3.63) is 70.8 Å². The summed E-state index contributed by atoms with van der Waals surface area (Å²) in [5.74, 6) is 0. The highest BCUT2D eigenvalue weighted by atomic mass is 19.4. The van der Waals surface area contributed by atoms with Gasteiger partial charge in [-0.15, -0.1) is 0 Å². The molecule has 4 rings (SSSR count). The van der Waals surface area contributed by atoms with E-state index in [1.165, 1.54) is 25.1 Å². The smallest absolute Gasteiger partial charge is 0.299 e. The zero-order valence-electron chi connectivity index (χ0n) is 21.5. The van der Waals surface area contributed by atoms with Gasteiger partial charge < -0.3 is 0 Å². The SMILES string of the molecule is CC#N.CCC(CCc1c(C2(C(F)(F)F)CC2)cccc1C1(C(F)(F)F)CC1)N(C)Cc1ccccc1. The van der Waals surface area contributed by atoms with Crippen LogP contribution in [0.1, 0.15) is 74.6 Å². The van der Waals surface area contributed by atoms with Gasteiger partial charge in [-0.25, -0.2) is 0 Å². The molecule has 0 aliphatic heterocycles. The van der Waals surface area contributed by atoms with E-state index in [1.54, 1.807) is 6.07 Å². The molecule has 0 N–H and O–H groups in total. The van der Waals surface area contributed by atoms with Crippen LogP contribution in [-0.2, 0) is 23.8 Å². The van der Waals surface area contributed by atoms with Crippen molar-refractivity contribution in [1.82, 2.24) is 4.90 Å². The molecule has 2 aliphatic carbocycles. The summed E-state index contributed by atoms with van der Waals surface area (Å²) >= 11 is 0. The summed E-state index contributed by atoms with van der Waals surface area (Å²) in [4.78, 5) is 2.14. The Hall–Kier alpha value is -2.53. The number of benzene rings is 2. The molecule has 37 heavy (non-hydrogen) atoms. The molecule has 2 aliphatic rings. The lowest BCUT2D eigenvalue weighted by molar-refractivity contribution is -0.161.